The third kappa shape index (κ3) is 4.35. The summed E-state index contributed by atoms with van der Waals surface area (Å²) in [5, 5.41) is 12.6. The van der Waals surface area contributed by atoms with Crippen LogP contribution in [-0.4, -0.2) is 30.2 Å². The van der Waals surface area contributed by atoms with Gasteiger partial charge in [-0.05, 0) is 24.0 Å². The van der Waals surface area contributed by atoms with E-state index in [4.69, 9.17) is 4.74 Å². The number of nitrogens with one attached hydrogen (secondary N) is 2. The van der Waals surface area contributed by atoms with Gasteiger partial charge in [0, 0.05) is 43.5 Å². The van der Waals surface area contributed by atoms with Gasteiger partial charge in [-0.15, -0.1) is 0 Å². The molecule has 0 saturated carbocycles. The lowest BCUT2D eigenvalue weighted by molar-refractivity contribution is 0.157. The van der Waals surface area contributed by atoms with E-state index in [9.17, 15) is 18.4 Å². The molecule has 8 heteroatoms. The largest absolute Gasteiger partial charge is 0.385 e. The van der Waals surface area contributed by atoms with E-state index >= 15 is 0 Å². The Hall–Kier alpha value is -3.05. The van der Waals surface area contributed by atoms with Crippen molar-refractivity contribution >= 4 is 16.7 Å². The topological polar surface area (TPSA) is 73.7 Å². The van der Waals surface area contributed by atoms with Crippen LogP contribution in [-0.2, 0) is 4.74 Å². The minimum Gasteiger partial charge on any atom is -0.385 e. The van der Waals surface area contributed by atoms with Gasteiger partial charge in [0.25, 0.3) is 0 Å². The number of halogens is 3. The number of nitrogens with zero attached hydrogens (tertiary/aromatic N) is 2. The van der Waals surface area contributed by atoms with Crippen molar-refractivity contribution in [1.29, 1.82) is 5.26 Å². The van der Waals surface area contributed by atoms with E-state index in [0.717, 1.165) is 24.6 Å². The second-order valence-corrected chi connectivity index (χ2v) is 7.60. The molecule has 0 aliphatic carbocycles. The Balaban J connectivity index is 2.02. The molecule has 29 heavy (non-hydrogen) atoms. The maximum atomic E-state index is 14.5. The van der Waals surface area contributed by atoms with E-state index < -0.39 is 17.5 Å². The highest BCUT2D eigenvalue weighted by Crippen LogP contribution is 2.33. The number of pyridine rings is 1. The molecule has 0 amide bonds. The summed E-state index contributed by atoms with van der Waals surface area (Å²) in [4.78, 5) is 7.00. The van der Waals surface area contributed by atoms with Gasteiger partial charge in [0.1, 0.15) is 17.7 Å². The SMILES string of the molecule is COCCC(C)(C)CNc1nc(-c2c[nH]c3c(F)cc(F)cc23)c(C#N)cc1F. The molecule has 0 aliphatic heterocycles. The molecule has 2 aromatic heterocycles. The number of benzene rings is 1. The lowest BCUT2D eigenvalue weighted by Gasteiger charge is -2.25. The van der Waals surface area contributed by atoms with Gasteiger partial charge >= 0.3 is 0 Å². The van der Waals surface area contributed by atoms with Gasteiger partial charge in [-0.1, -0.05) is 13.8 Å². The number of H-pyrrole nitrogens is 1. The second kappa shape index (κ2) is 8.13. The van der Waals surface area contributed by atoms with E-state index in [0.29, 0.717) is 18.7 Å². The predicted octanol–water partition coefficient (Wildman–Crippen LogP) is 4.99. The Morgan fingerprint density at radius 1 is 1.21 bits per heavy atom. The molecule has 3 rings (SSSR count). The van der Waals surface area contributed by atoms with E-state index in [2.05, 4.69) is 15.3 Å². The van der Waals surface area contributed by atoms with Crippen molar-refractivity contribution in [2.75, 3.05) is 25.6 Å². The first-order valence-corrected chi connectivity index (χ1v) is 9.05. The van der Waals surface area contributed by atoms with Crippen molar-refractivity contribution in [3.05, 3.63) is 47.4 Å². The van der Waals surface area contributed by atoms with Gasteiger partial charge in [-0.3, -0.25) is 0 Å². The molecule has 0 bridgehead atoms. The quantitative estimate of drug-likeness (QED) is 0.584. The standard InChI is InChI=1S/C21H21F3N4O/c1-21(2,4-5-29-3)11-27-20-17(24)6-12(9-25)18(28-20)15-10-26-19-14(15)7-13(22)8-16(19)23/h6-8,10,26H,4-5,11H2,1-3H3,(H,27,28). The van der Waals surface area contributed by atoms with Crippen molar-refractivity contribution in [3.63, 3.8) is 0 Å². The number of aromatic nitrogens is 2. The second-order valence-electron chi connectivity index (χ2n) is 7.60. The van der Waals surface area contributed by atoms with Crippen LogP contribution in [0.3, 0.4) is 0 Å². The Labute approximate surface area is 166 Å². The zero-order chi connectivity index (χ0) is 21.2. The van der Waals surface area contributed by atoms with Crippen LogP contribution >= 0.6 is 0 Å². The fourth-order valence-corrected chi connectivity index (χ4v) is 3.04. The van der Waals surface area contributed by atoms with Crippen LogP contribution in [0.15, 0.2) is 24.4 Å². The lowest BCUT2D eigenvalue weighted by atomic mass is 9.90. The normalized spacial score (nSPS) is 11.6. The molecular weight excluding hydrogens is 381 g/mol. The zero-order valence-corrected chi connectivity index (χ0v) is 16.4. The Morgan fingerprint density at radius 3 is 2.66 bits per heavy atom. The van der Waals surface area contributed by atoms with Crippen molar-refractivity contribution in [3.8, 4) is 17.3 Å². The average Bonchev–Trinajstić information content (AvgIpc) is 3.09. The number of anilines is 1. The van der Waals surface area contributed by atoms with Crippen LogP contribution in [0.1, 0.15) is 25.8 Å². The molecule has 5 nitrogen and oxygen atoms in total. The molecule has 2 N–H and O–H groups in total. The molecule has 2 heterocycles. The first-order chi connectivity index (χ1) is 13.8. The summed E-state index contributed by atoms with van der Waals surface area (Å²) in [6.45, 7) is 5.00. The van der Waals surface area contributed by atoms with E-state index in [1.54, 1.807) is 7.11 Å². The Morgan fingerprint density at radius 2 is 1.97 bits per heavy atom. The molecule has 0 radical (unpaired) electrons. The van der Waals surface area contributed by atoms with Gasteiger partial charge in [-0.25, -0.2) is 18.2 Å². The summed E-state index contributed by atoms with van der Waals surface area (Å²) in [6, 6.07) is 4.88. The molecule has 1 aromatic carbocycles. The molecule has 0 spiro atoms. The van der Waals surface area contributed by atoms with Gasteiger partial charge in [-0.2, -0.15) is 5.26 Å². The predicted molar refractivity (Wildman–Crippen MR) is 105 cm³/mol. The van der Waals surface area contributed by atoms with Crippen molar-refractivity contribution in [2.24, 2.45) is 5.41 Å². The van der Waals surface area contributed by atoms with Crippen LogP contribution in [0.4, 0.5) is 19.0 Å². The maximum absolute atomic E-state index is 14.5. The number of rotatable bonds is 7. The molecule has 3 aromatic rings. The van der Waals surface area contributed by atoms with Crippen LogP contribution in [0.25, 0.3) is 22.2 Å². The number of fused-ring (bicyclic) bond motifs is 1. The smallest absolute Gasteiger partial charge is 0.166 e. The fraction of sp³-hybridized carbons (Fsp3) is 0.333. The molecule has 0 saturated heterocycles. The van der Waals surface area contributed by atoms with Gasteiger partial charge in [0.15, 0.2) is 11.6 Å². The van der Waals surface area contributed by atoms with Gasteiger partial charge in [0.05, 0.1) is 16.8 Å². The molecule has 0 atom stereocenters. The van der Waals surface area contributed by atoms with Gasteiger partial charge < -0.3 is 15.0 Å². The Bertz CT molecular complexity index is 1090. The molecule has 0 unspecified atom stereocenters. The number of ether oxygens (including phenoxy) is 1. The summed E-state index contributed by atoms with van der Waals surface area (Å²) in [7, 11) is 1.62. The van der Waals surface area contributed by atoms with E-state index in [-0.39, 0.29) is 33.4 Å². The number of hydrogen-bond donors (Lipinski definition) is 2. The summed E-state index contributed by atoms with van der Waals surface area (Å²) in [6.07, 6.45) is 2.18. The summed E-state index contributed by atoms with van der Waals surface area (Å²) < 4.78 is 47.3. The van der Waals surface area contributed by atoms with Crippen LogP contribution in [0, 0.1) is 34.2 Å². The average molecular weight is 402 g/mol. The molecular formula is C21H21F3N4O. The van der Waals surface area contributed by atoms with Crippen LogP contribution in [0.2, 0.25) is 0 Å². The highest BCUT2D eigenvalue weighted by molar-refractivity contribution is 5.96. The zero-order valence-electron chi connectivity index (χ0n) is 16.4. The molecule has 152 valence electrons. The number of aromatic amines is 1. The maximum Gasteiger partial charge on any atom is 0.166 e. The first kappa shape index (κ1) is 20.7. The fourth-order valence-electron chi connectivity index (χ4n) is 3.04. The third-order valence-corrected chi connectivity index (χ3v) is 4.77. The minimum absolute atomic E-state index is 0.0303. The summed E-state index contributed by atoms with van der Waals surface area (Å²) in [5.41, 5.74) is 0.327. The van der Waals surface area contributed by atoms with E-state index in [1.807, 2.05) is 19.9 Å². The van der Waals surface area contributed by atoms with Crippen molar-refractivity contribution in [2.45, 2.75) is 20.3 Å². The van der Waals surface area contributed by atoms with Crippen LogP contribution in [0.5, 0.6) is 0 Å². The molecule has 0 fully saturated rings. The van der Waals surface area contributed by atoms with Gasteiger partial charge in [0.2, 0.25) is 0 Å². The number of nitriles is 1. The third-order valence-electron chi connectivity index (χ3n) is 4.77. The monoisotopic (exact) mass is 402 g/mol. The van der Waals surface area contributed by atoms with Crippen molar-refractivity contribution in [1.82, 2.24) is 9.97 Å². The Kier molecular flexibility index (Phi) is 5.80. The first-order valence-electron chi connectivity index (χ1n) is 9.05. The molecule has 0 aliphatic rings. The van der Waals surface area contributed by atoms with Crippen LogP contribution < -0.4 is 5.32 Å². The number of methoxy groups -OCH3 is 1. The summed E-state index contributed by atoms with van der Waals surface area (Å²) >= 11 is 0. The van der Waals surface area contributed by atoms with Crippen molar-refractivity contribution < 1.29 is 17.9 Å². The number of hydrogen-bond acceptors (Lipinski definition) is 4. The minimum atomic E-state index is -0.759. The highest BCUT2D eigenvalue weighted by atomic mass is 19.1. The lowest BCUT2D eigenvalue weighted by Crippen LogP contribution is -2.25. The summed E-state index contributed by atoms with van der Waals surface area (Å²) in [5.74, 6) is -2.22. The highest BCUT2D eigenvalue weighted by Gasteiger charge is 2.21. The van der Waals surface area contributed by atoms with E-state index in [1.165, 1.54) is 6.20 Å².